The van der Waals surface area contributed by atoms with Crippen molar-refractivity contribution >= 4 is 5.96 Å². The standard InChI is InChI=1S/C20H36N4O/c1-7-21-20(23-17(4)16(2)3)22-15-18-9-11-19(12-10-18)25-14-8-13-24(5)6/h9-12,16-17H,7-8,13-15H2,1-6H3,(H2,21,22,23). The van der Waals surface area contributed by atoms with E-state index in [1.54, 1.807) is 0 Å². The lowest BCUT2D eigenvalue weighted by Crippen LogP contribution is -2.44. The molecule has 1 aromatic carbocycles. The molecule has 0 bridgehead atoms. The Balaban J connectivity index is 2.51. The van der Waals surface area contributed by atoms with Crippen molar-refractivity contribution in [3.8, 4) is 5.75 Å². The third-order valence-corrected chi connectivity index (χ3v) is 4.07. The van der Waals surface area contributed by atoms with E-state index in [4.69, 9.17) is 4.74 Å². The van der Waals surface area contributed by atoms with E-state index < -0.39 is 0 Å². The summed E-state index contributed by atoms with van der Waals surface area (Å²) < 4.78 is 5.77. The van der Waals surface area contributed by atoms with Gasteiger partial charge in [-0.05, 0) is 58.0 Å². The van der Waals surface area contributed by atoms with Crippen molar-refractivity contribution in [1.29, 1.82) is 0 Å². The first-order valence-corrected chi connectivity index (χ1v) is 9.33. The molecule has 0 spiro atoms. The second-order valence-corrected chi connectivity index (χ2v) is 7.02. The van der Waals surface area contributed by atoms with Crippen molar-refractivity contribution in [1.82, 2.24) is 15.5 Å². The van der Waals surface area contributed by atoms with Gasteiger partial charge in [-0.2, -0.15) is 0 Å². The quantitative estimate of drug-likeness (QED) is 0.387. The summed E-state index contributed by atoms with van der Waals surface area (Å²) >= 11 is 0. The molecule has 25 heavy (non-hydrogen) atoms. The van der Waals surface area contributed by atoms with Gasteiger partial charge >= 0.3 is 0 Å². The Kier molecular flexibility index (Phi) is 10.0. The Morgan fingerprint density at radius 2 is 1.84 bits per heavy atom. The van der Waals surface area contributed by atoms with Gasteiger partial charge in [-0.1, -0.05) is 26.0 Å². The van der Waals surface area contributed by atoms with Gasteiger partial charge in [0.25, 0.3) is 0 Å². The lowest BCUT2D eigenvalue weighted by Gasteiger charge is -2.20. The molecule has 0 amide bonds. The van der Waals surface area contributed by atoms with E-state index in [0.29, 0.717) is 18.5 Å². The fourth-order valence-electron chi connectivity index (χ4n) is 2.13. The number of hydrogen-bond donors (Lipinski definition) is 2. The van der Waals surface area contributed by atoms with E-state index in [1.165, 1.54) is 5.56 Å². The Hall–Kier alpha value is -1.75. The summed E-state index contributed by atoms with van der Waals surface area (Å²) in [7, 11) is 4.15. The molecule has 0 heterocycles. The van der Waals surface area contributed by atoms with Gasteiger partial charge in [-0.15, -0.1) is 0 Å². The van der Waals surface area contributed by atoms with Gasteiger partial charge < -0.3 is 20.3 Å². The number of nitrogens with one attached hydrogen (secondary N) is 2. The first kappa shape index (κ1) is 21.3. The molecule has 1 rings (SSSR count). The molecule has 1 atom stereocenters. The van der Waals surface area contributed by atoms with Crippen molar-refractivity contribution in [2.45, 2.75) is 46.7 Å². The Bertz CT molecular complexity index is 497. The van der Waals surface area contributed by atoms with Crippen LogP contribution in [-0.2, 0) is 6.54 Å². The summed E-state index contributed by atoms with van der Waals surface area (Å²) in [5, 5.41) is 6.76. The van der Waals surface area contributed by atoms with E-state index in [1.807, 2.05) is 12.1 Å². The molecule has 1 aromatic rings. The number of benzene rings is 1. The van der Waals surface area contributed by atoms with Gasteiger partial charge in [-0.3, -0.25) is 0 Å². The van der Waals surface area contributed by atoms with E-state index in [-0.39, 0.29) is 0 Å². The number of guanidine groups is 1. The van der Waals surface area contributed by atoms with E-state index in [2.05, 4.69) is 74.4 Å². The molecule has 142 valence electrons. The van der Waals surface area contributed by atoms with Crippen molar-refractivity contribution in [2.75, 3.05) is 33.8 Å². The van der Waals surface area contributed by atoms with Crippen LogP contribution in [0, 0.1) is 5.92 Å². The molecule has 5 nitrogen and oxygen atoms in total. The van der Waals surface area contributed by atoms with E-state index in [9.17, 15) is 0 Å². The Morgan fingerprint density at radius 3 is 2.40 bits per heavy atom. The molecule has 0 saturated carbocycles. The molecule has 0 saturated heterocycles. The highest BCUT2D eigenvalue weighted by atomic mass is 16.5. The molecule has 1 unspecified atom stereocenters. The average Bonchev–Trinajstić information content (AvgIpc) is 2.57. The largest absolute Gasteiger partial charge is 0.494 e. The lowest BCUT2D eigenvalue weighted by atomic mass is 10.1. The fourth-order valence-corrected chi connectivity index (χ4v) is 2.13. The average molecular weight is 349 g/mol. The number of ether oxygens (including phenoxy) is 1. The van der Waals surface area contributed by atoms with Gasteiger partial charge in [0.05, 0.1) is 13.2 Å². The van der Waals surface area contributed by atoms with Gasteiger partial charge in [0.1, 0.15) is 5.75 Å². The van der Waals surface area contributed by atoms with Crippen LogP contribution in [0.3, 0.4) is 0 Å². The smallest absolute Gasteiger partial charge is 0.191 e. The minimum Gasteiger partial charge on any atom is -0.494 e. The summed E-state index contributed by atoms with van der Waals surface area (Å²) in [5.74, 6) is 2.35. The van der Waals surface area contributed by atoms with Crippen LogP contribution >= 0.6 is 0 Å². The van der Waals surface area contributed by atoms with Gasteiger partial charge in [0.15, 0.2) is 5.96 Å². The lowest BCUT2D eigenvalue weighted by molar-refractivity contribution is 0.281. The van der Waals surface area contributed by atoms with Crippen LogP contribution in [0.2, 0.25) is 0 Å². The molecule has 0 aliphatic rings. The molecule has 5 heteroatoms. The summed E-state index contributed by atoms with van der Waals surface area (Å²) in [6, 6.07) is 8.60. The second-order valence-electron chi connectivity index (χ2n) is 7.02. The van der Waals surface area contributed by atoms with Crippen molar-refractivity contribution < 1.29 is 4.74 Å². The summed E-state index contributed by atoms with van der Waals surface area (Å²) in [6.45, 7) is 12.0. The zero-order valence-corrected chi connectivity index (χ0v) is 16.8. The summed E-state index contributed by atoms with van der Waals surface area (Å²) in [5.41, 5.74) is 1.18. The maximum absolute atomic E-state index is 5.77. The molecule has 0 radical (unpaired) electrons. The van der Waals surface area contributed by atoms with Crippen LogP contribution in [-0.4, -0.2) is 50.7 Å². The van der Waals surface area contributed by atoms with Crippen LogP contribution in [0.5, 0.6) is 5.75 Å². The van der Waals surface area contributed by atoms with Crippen LogP contribution in [0.4, 0.5) is 0 Å². The molecule has 0 aliphatic heterocycles. The first-order chi connectivity index (χ1) is 11.9. The van der Waals surface area contributed by atoms with Crippen LogP contribution in [0.25, 0.3) is 0 Å². The third-order valence-electron chi connectivity index (χ3n) is 4.07. The molecular formula is C20H36N4O. The van der Waals surface area contributed by atoms with Crippen LogP contribution in [0.15, 0.2) is 29.3 Å². The highest BCUT2D eigenvalue weighted by Gasteiger charge is 2.08. The van der Waals surface area contributed by atoms with Crippen LogP contribution < -0.4 is 15.4 Å². The van der Waals surface area contributed by atoms with Crippen LogP contribution in [0.1, 0.15) is 39.7 Å². The first-order valence-electron chi connectivity index (χ1n) is 9.33. The zero-order valence-electron chi connectivity index (χ0n) is 16.8. The highest BCUT2D eigenvalue weighted by molar-refractivity contribution is 5.80. The Labute approximate surface area is 153 Å². The maximum Gasteiger partial charge on any atom is 0.191 e. The summed E-state index contributed by atoms with van der Waals surface area (Å²) in [6.07, 6.45) is 1.03. The molecule has 0 aromatic heterocycles. The van der Waals surface area contributed by atoms with E-state index >= 15 is 0 Å². The molecule has 0 fully saturated rings. The van der Waals surface area contributed by atoms with Crippen molar-refractivity contribution in [2.24, 2.45) is 10.9 Å². The normalized spacial score (nSPS) is 13.2. The van der Waals surface area contributed by atoms with Gasteiger partial charge in [0.2, 0.25) is 0 Å². The maximum atomic E-state index is 5.77. The minimum atomic E-state index is 0.385. The van der Waals surface area contributed by atoms with Crippen molar-refractivity contribution in [3.63, 3.8) is 0 Å². The highest BCUT2D eigenvalue weighted by Crippen LogP contribution is 2.13. The van der Waals surface area contributed by atoms with E-state index in [0.717, 1.165) is 37.8 Å². The van der Waals surface area contributed by atoms with Crippen molar-refractivity contribution in [3.05, 3.63) is 29.8 Å². The number of nitrogens with zero attached hydrogens (tertiary/aromatic N) is 2. The number of aliphatic imine (C=N–C) groups is 1. The monoisotopic (exact) mass is 348 g/mol. The SMILES string of the molecule is CCNC(=NCc1ccc(OCCCN(C)C)cc1)NC(C)C(C)C. The molecule has 2 N–H and O–H groups in total. The molecule has 0 aliphatic carbocycles. The third kappa shape index (κ3) is 9.34. The summed E-state index contributed by atoms with van der Waals surface area (Å²) in [4.78, 5) is 6.85. The zero-order chi connectivity index (χ0) is 18.7. The molecular weight excluding hydrogens is 312 g/mol. The predicted molar refractivity (Wildman–Crippen MR) is 107 cm³/mol. The van der Waals surface area contributed by atoms with Gasteiger partial charge in [-0.25, -0.2) is 4.99 Å². The second kappa shape index (κ2) is 11.7. The number of hydrogen-bond acceptors (Lipinski definition) is 3. The minimum absolute atomic E-state index is 0.385. The topological polar surface area (TPSA) is 48.9 Å². The van der Waals surface area contributed by atoms with Gasteiger partial charge in [0, 0.05) is 19.1 Å². The fraction of sp³-hybridized carbons (Fsp3) is 0.650. The predicted octanol–water partition coefficient (Wildman–Crippen LogP) is 3.12. The Morgan fingerprint density at radius 1 is 1.16 bits per heavy atom. The number of rotatable bonds is 10.